The van der Waals surface area contributed by atoms with Crippen molar-refractivity contribution in [3.8, 4) is 5.69 Å². The summed E-state index contributed by atoms with van der Waals surface area (Å²) in [6.07, 6.45) is 3.46. The molecule has 0 bridgehead atoms. The van der Waals surface area contributed by atoms with Gasteiger partial charge in [-0.05, 0) is 37.2 Å². The Morgan fingerprint density at radius 3 is 2.39 bits per heavy atom. The molecule has 2 aliphatic rings. The van der Waals surface area contributed by atoms with Crippen molar-refractivity contribution in [1.29, 1.82) is 0 Å². The van der Waals surface area contributed by atoms with E-state index in [2.05, 4.69) is 56.9 Å². The Morgan fingerprint density at radius 1 is 0.902 bits per heavy atom. The molecule has 0 aliphatic carbocycles. The van der Waals surface area contributed by atoms with E-state index in [0.717, 1.165) is 60.4 Å². The monoisotopic (exact) mass is 562 g/mol. The zero-order chi connectivity index (χ0) is 28.1. The normalized spacial score (nSPS) is 18.2. The summed E-state index contributed by atoms with van der Waals surface area (Å²) in [6, 6.07) is 5.31. The number of hydrogen-bond donors (Lipinski definition) is 1. The van der Waals surface area contributed by atoms with Gasteiger partial charge in [-0.1, -0.05) is 0 Å². The fourth-order valence-corrected chi connectivity index (χ4v) is 5.52. The van der Waals surface area contributed by atoms with Gasteiger partial charge in [0.25, 0.3) is 0 Å². The smallest absolute Gasteiger partial charge is 0.356 e. The fourth-order valence-electron chi connectivity index (χ4n) is 5.52. The fraction of sp³-hybridized carbons (Fsp3) is 0.346. The van der Waals surface area contributed by atoms with Crippen LogP contribution in [0.4, 0.5) is 25.1 Å². The molecule has 1 atom stereocenters. The van der Waals surface area contributed by atoms with Crippen LogP contribution in [0.5, 0.6) is 0 Å². The lowest BCUT2D eigenvalue weighted by Crippen LogP contribution is -2.45. The van der Waals surface area contributed by atoms with E-state index in [1.54, 1.807) is 34.5 Å². The number of benzene rings is 1. The molecule has 4 aromatic heterocycles. The van der Waals surface area contributed by atoms with Crippen LogP contribution in [0.3, 0.4) is 0 Å². The summed E-state index contributed by atoms with van der Waals surface area (Å²) in [5.41, 5.74) is 4.26. The highest BCUT2D eigenvalue weighted by Crippen LogP contribution is 2.40. The number of nitrogens with zero attached hydrogens (tertiary/aromatic N) is 11. The first-order valence-corrected chi connectivity index (χ1v) is 13.1. The maximum Gasteiger partial charge on any atom is 0.451 e. The van der Waals surface area contributed by atoms with Crippen molar-refractivity contribution in [3.05, 3.63) is 72.0 Å². The second-order valence-electron chi connectivity index (χ2n) is 10.1. The van der Waals surface area contributed by atoms with Crippen LogP contribution >= 0.6 is 0 Å². The summed E-state index contributed by atoms with van der Waals surface area (Å²) >= 11 is 0. The molecule has 210 valence electrons. The first-order valence-electron chi connectivity index (χ1n) is 13.1. The van der Waals surface area contributed by atoms with Gasteiger partial charge in [0.1, 0.15) is 12.4 Å². The molecule has 0 radical (unpaired) electrons. The van der Waals surface area contributed by atoms with Gasteiger partial charge in [-0.3, -0.25) is 0 Å². The van der Waals surface area contributed by atoms with E-state index in [9.17, 15) is 13.2 Å². The van der Waals surface area contributed by atoms with Gasteiger partial charge in [-0.25, -0.2) is 19.9 Å². The standard InChI is InChI=1S/C26H25F3N12/c1-38-8-10-39(11-9-38)24-30-13-16(14-31-24)22-21-18(4-7-40(22)25-33-15-32-23(37-25)26(27,28)29)19-12-17(2-3-20(19)36-21)41-34-5-6-35-41/h2-3,5-6,12-15,22,36H,4,7-11H2,1H3/t22-/m0/s1. The number of likely N-dealkylation sites (N-methyl/N-ethyl adjacent to an activating group) is 1. The van der Waals surface area contributed by atoms with Crippen molar-refractivity contribution < 1.29 is 13.2 Å². The third-order valence-corrected chi connectivity index (χ3v) is 7.59. The SMILES string of the molecule is CN1CCN(c2ncc([C@H]3c4[nH]c5ccc(-n6nccn6)cc5c4CCN3c3ncnc(C(F)(F)F)n3)cn2)CC1. The summed E-state index contributed by atoms with van der Waals surface area (Å²) in [5.74, 6) is -0.676. The highest BCUT2D eigenvalue weighted by atomic mass is 19.4. The number of nitrogens with one attached hydrogen (secondary N) is 1. The third-order valence-electron chi connectivity index (χ3n) is 7.59. The Balaban J connectivity index is 1.32. The summed E-state index contributed by atoms with van der Waals surface area (Å²) in [7, 11) is 2.08. The van der Waals surface area contributed by atoms with Crippen LogP contribution in [0.15, 0.2) is 49.3 Å². The number of H-pyrrole nitrogens is 1. The molecule has 0 unspecified atom stereocenters. The minimum absolute atomic E-state index is 0.0637. The zero-order valence-corrected chi connectivity index (χ0v) is 22.0. The number of aromatic amines is 1. The quantitative estimate of drug-likeness (QED) is 0.350. The topological polar surface area (TPSA) is 121 Å². The molecule has 7 rings (SSSR count). The molecule has 1 saturated heterocycles. The van der Waals surface area contributed by atoms with Gasteiger partial charge in [0, 0.05) is 67.3 Å². The molecule has 1 fully saturated rings. The van der Waals surface area contributed by atoms with Crippen LogP contribution in [0.1, 0.15) is 28.7 Å². The average Bonchev–Trinajstić information content (AvgIpc) is 3.65. The van der Waals surface area contributed by atoms with E-state index in [4.69, 9.17) is 0 Å². The molecule has 1 N–H and O–H groups in total. The Labute approximate surface area is 231 Å². The van der Waals surface area contributed by atoms with Crippen molar-refractivity contribution in [2.45, 2.75) is 18.6 Å². The largest absolute Gasteiger partial charge is 0.451 e. The lowest BCUT2D eigenvalue weighted by Gasteiger charge is -2.36. The zero-order valence-electron chi connectivity index (χ0n) is 22.0. The van der Waals surface area contributed by atoms with Crippen molar-refractivity contribution in [3.63, 3.8) is 0 Å². The highest BCUT2D eigenvalue weighted by molar-refractivity contribution is 5.87. The predicted molar refractivity (Wildman–Crippen MR) is 143 cm³/mol. The third kappa shape index (κ3) is 4.61. The van der Waals surface area contributed by atoms with Gasteiger partial charge < -0.3 is 19.7 Å². The summed E-state index contributed by atoms with van der Waals surface area (Å²) in [4.78, 5) is 31.8. The summed E-state index contributed by atoms with van der Waals surface area (Å²) < 4.78 is 40.5. The number of rotatable bonds is 4. The summed E-state index contributed by atoms with van der Waals surface area (Å²) in [5, 5.41) is 9.45. The first kappa shape index (κ1) is 25.3. The van der Waals surface area contributed by atoms with Crippen molar-refractivity contribution in [2.24, 2.45) is 0 Å². The highest BCUT2D eigenvalue weighted by Gasteiger charge is 2.38. The number of hydrogen-bond acceptors (Lipinski definition) is 10. The van der Waals surface area contributed by atoms with E-state index in [0.29, 0.717) is 24.5 Å². The Hall–Kier alpha value is -4.66. The van der Waals surface area contributed by atoms with Gasteiger partial charge >= 0.3 is 6.18 Å². The van der Waals surface area contributed by atoms with Gasteiger partial charge in [0.05, 0.1) is 18.1 Å². The van der Waals surface area contributed by atoms with Gasteiger partial charge in [-0.2, -0.15) is 33.1 Å². The van der Waals surface area contributed by atoms with E-state index < -0.39 is 18.0 Å². The number of anilines is 2. The summed E-state index contributed by atoms with van der Waals surface area (Å²) in [6.45, 7) is 3.83. The minimum atomic E-state index is -4.69. The molecule has 5 aromatic rings. The molecule has 6 heterocycles. The number of aromatic nitrogens is 9. The molecule has 15 heteroatoms. The second-order valence-corrected chi connectivity index (χ2v) is 10.1. The molecule has 0 amide bonds. The maximum absolute atomic E-state index is 13.5. The number of halogens is 3. The van der Waals surface area contributed by atoms with E-state index >= 15 is 0 Å². The molecule has 1 aromatic carbocycles. The van der Waals surface area contributed by atoms with Gasteiger partial charge in [0.2, 0.25) is 17.7 Å². The molecule has 0 saturated carbocycles. The minimum Gasteiger partial charge on any atom is -0.356 e. The van der Waals surface area contributed by atoms with Crippen molar-refractivity contribution in [1.82, 2.24) is 49.8 Å². The van der Waals surface area contributed by atoms with Crippen molar-refractivity contribution in [2.75, 3.05) is 49.6 Å². The van der Waals surface area contributed by atoms with E-state index in [1.807, 2.05) is 18.2 Å². The Morgan fingerprint density at radius 2 is 1.66 bits per heavy atom. The molecule has 12 nitrogen and oxygen atoms in total. The van der Waals surface area contributed by atoms with Crippen molar-refractivity contribution >= 4 is 22.8 Å². The van der Waals surface area contributed by atoms with Crippen LogP contribution in [0.2, 0.25) is 0 Å². The van der Waals surface area contributed by atoms with Gasteiger partial charge in [0.15, 0.2) is 0 Å². The van der Waals surface area contributed by atoms with E-state index in [1.165, 1.54) is 0 Å². The van der Waals surface area contributed by atoms with Crippen LogP contribution in [-0.4, -0.2) is 89.6 Å². The second kappa shape index (κ2) is 9.76. The maximum atomic E-state index is 13.5. The Kier molecular flexibility index (Phi) is 6.03. The van der Waals surface area contributed by atoms with Crippen LogP contribution in [0, 0.1) is 0 Å². The molecular weight excluding hydrogens is 537 g/mol. The molecule has 2 aliphatic heterocycles. The average molecular weight is 563 g/mol. The molecular formula is C26H25F3N12. The number of alkyl halides is 3. The number of fused-ring (bicyclic) bond motifs is 3. The van der Waals surface area contributed by atoms with Gasteiger partial charge in [-0.15, -0.1) is 0 Å². The first-order chi connectivity index (χ1) is 19.8. The predicted octanol–water partition coefficient (Wildman–Crippen LogP) is 2.65. The molecule has 41 heavy (non-hydrogen) atoms. The number of piperazine rings is 1. The van der Waals surface area contributed by atoms with Crippen LogP contribution in [0.25, 0.3) is 16.6 Å². The van der Waals surface area contributed by atoms with Crippen LogP contribution in [-0.2, 0) is 12.6 Å². The Bertz CT molecular complexity index is 1670. The van der Waals surface area contributed by atoms with Crippen LogP contribution < -0.4 is 9.80 Å². The lowest BCUT2D eigenvalue weighted by atomic mass is 9.94. The molecule has 0 spiro atoms. The van der Waals surface area contributed by atoms with E-state index in [-0.39, 0.29) is 5.95 Å². The lowest BCUT2D eigenvalue weighted by molar-refractivity contribution is -0.145.